The molecule has 1 aliphatic heterocycles. The van der Waals surface area contributed by atoms with E-state index in [4.69, 9.17) is 14.0 Å². The van der Waals surface area contributed by atoms with Gasteiger partial charge in [0.05, 0.1) is 12.3 Å². The molecule has 7 nitrogen and oxygen atoms in total. The molecule has 1 N–H and O–H groups in total. The summed E-state index contributed by atoms with van der Waals surface area (Å²) in [5.74, 6) is 2.18. The summed E-state index contributed by atoms with van der Waals surface area (Å²) in [6.45, 7) is 6.20. The summed E-state index contributed by atoms with van der Waals surface area (Å²) in [6, 6.07) is 10.8. The van der Waals surface area contributed by atoms with Crippen LogP contribution in [0, 0.1) is 6.92 Å². The lowest BCUT2D eigenvalue weighted by molar-refractivity contribution is 0.102. The largest absolute Gasteiger partial charge is 0.492 e. The highest BCUT2D eigenvalue weighted by molar-refractivity contribution is 6.05. The van der Waals surface area contributed by atoms with Gasteiger partial charge in [-0.15, -0.1) is 0 Å². The molecule has 1 amide bonds. The number of aromatic nitrogens is 2. The van der Waals surface area contributed by atoms with Gasteiger partial charge < -0.3 is 19.3 Å². The van der Waals surface area contributed by atoms with E-state index in [1.165, 1.54) is 0 Å². The van der Waals surface area contributed by atoms with Crippen LogP contribution in [-0.2, 0) is 6.42 Å². The van der Waals surface area contributed by atoms with Crippen molar-refractivity contribution >= 4 is 11.6 Å². The van der Waals surface area contributed by atoms with Crippen molar-refractivity contribution in [2.75, 3.05) is 11.9 Å². The minimum absolute atomic E-state index is 0.122. The normalized spacial score (nSPS) is 15.0. The van der Waals surface area contributed by atoms with Gasteiger partial charge >= 0.3 is 0 Å². The third kappa shape index (κ3) is 3.55. The number of amides is 1. The molecule has 2 heterocycles. The maximum absolute atomic E-state index is 12.7. The summed E-state index contributed by atoms with van der Waals surface area (Å²) in [6.07, 6.45) is 0.955. The maximum Gasteiger partial charge on any atom is 0.257 e. The van der Waals surface area contributed by atoms with Crippen LogP contribution in [0.2, 0.25) is 0 Å². The Balaban J connectivity index is 1.55. The third-order valence-electron chi connectivity index (χ3n) is 4.47. The van der Waals surface area contributed by atoms with Gasteiger partial charge in [-0.3, -0.25) is 4.79 Å². The molecule has 28 heavy (non-hydrogen) atoms. The van der Waals surface area contributed by atoms with Gasteiger partial charge in [-0.2, -0.15) is 4.98 Å². The fourth-order valence-electron chi connectivity index (χ4n) is 3.18. The number of benzene rings is 2. The molecule has 0 saturated carbocycles. The minimum Gasteiger partial charge on any atom is -0.492 e. The highest BCUT2D eigenvalue weighted by Crippen LogP contribution is 2.38. The summed E-state index contributed by atoms with van der Waals surface area (Å²) in [4.78, 5) is 16.9. The van der Waals surface area contributed by atoms with Gasteiger partial charge in [-0.25, -0.2) is 0 Å². The van der Waals surface area contributed by atoms with Crippen LogP contribution in [0.1, 0.15) is 35.6 Å². The Bertz CT molecular complexity index is 1010. The number of carbonyl (C=O) groups excluding carboxylic acids is 1. The summed E-state index contributed by atoms with van der Waals surface area (Å²) in [5, 5.41) is 6.70. The predicted octanol–water partition coefficient (Wildman–Crippen LogP) is 4.02. The number of aryl methyl sites for hydroxylation is 1. The van der Waals surface area contributed by atoms with Gasteiger partial charge in [0.1, 0.15) is 17.6 Å². The highest BCUT2D eigenvalue weighted by Gasteiger charge is 2.23. The second-order valence-corrected chi connectivity index (χ2v) is 6.70. The molecule has 144 valence electrons. The molecule has 4 rings (SSSR count). The molecule has 1 aromatic heterocycles. The van der Waals surface area contributed by atoms with Crippen molar-refractivity contribution in [1.29, 1.82) is 0 Å². The molecule has 2 aromatic carbocycles. The molecule has 7 heteroatoms. The van der Waals surface area contributed by atoms with Crippen molar-refractivity contribution in [2.24, 2.45) is 0 Å². The van der Waals surface area contributed by atoms with E-state index in [-0.39, 0.29) is 12.0 Å². The van der Waals surface area contributed by atoms with Gasteiger partial charge in [0, 0.05) is 29.2 Å². The van der Waals surface area contributed by atoms with Crippen LogP contribution >= 0.6 is 0 Å². The molecule has 1 atom stereocenters. The number of hydrogen-bond donors (Lipinski definition) is 1. The Morgan fingerprint density at radius 3 is 2.75 bits per heavy atom. The fraction of sp³-hybridized carbons (Fsp3) is 0.286. The summed E-state index contributed by atoms with van der Waals surface area (Å²) < 4.78 is 16.7. The van der Waals surface area contributed by atoms with Crippen LogP contribution < -0.4 is 14.8 Å². The van der Waals surface area contributed by atoms with E-state index in [0.717, 1.165) is 23.3 Å². The Morgan fingerprint density at radius 2 is 2.07 bits per heavy atom. The predicted molar refractivity (Wildman–Crippen MR) is 104 cm³/mol. The Labute approximate surface area is 162 Å². The van der Waals surface area contributed by atoms with E-state index in [1.807, 2.05) is 26.0 Å². The molecule has 1 aliphatic rings. The molecular formula is C21H21N3O4. The Kier molecular flexibility index (Phi) is 4.73. The number of carbonyl (C=O) groups is 1. The van der Waals surface area contributed by atoms with Crippen LogP contribution in [-0.4, -0.2) is 28.8 Å². The van der Waals surface area contributed by atoms with Crippen molar-refractivity contribution < 1.29 is 18.8 Å². The van der Waals surface area contributed by atoms with Crippen molar-refractivity contribution in [1.82, 2.24) is 10.1 Å². The van der Waals surface area contributed by atoms with Crippen molar-refractivity contribution in [3.05, 3.63) is 53.3 Å². The van der Waals surface area contributed by atoms with Gasteiger partial charge in [0.2, 0.25) is 0 Å². The first-order valence-corrected chi connectivity index (χ1v) is 9.22. The zero-order valence-corrected chi connectivity index (χ0v) is 16.0. The molecule has 0 fully saturated rings. The first-order chi connectivity index (χ1) is 13.5. The van der Waals surface area contributed by atoms with Crippen molar-refractivity contribution in [3.8, 4) is 23.0 Å². The Hall–Kier alpha value is -3.35. The number of ether oxygens (including phenoxy) is 2. The molecule has 0 saturated heterocycles. The number of fused-ring (bicyclic) bond motifs is 1. The van der Waals surface area contributed by atoms with E-state index in [2.05, 4.69) is 15.5 Å². The summed E-state index contributed by atoms with van der Waals surface area (Å²) >= 11 is 0. The van der Waals surface area contributed by atoms with Crippen LogP contribution in [0.25, 0.3) is 11.5 Å². The Morgan fingerprint density at radius 1 is 1.29 bits per heavy atom. The highest BCUT2D eigenvalue weighted by atomic mass is 16.5. The smallest absolute Gasteiger partial charge is 0.257 e. The van der Waals surface area contributed by atoms with E-state index >= 15 is 0 Å². The van der Waals surface area contributed by atoms with E-state index in [9.17, 15) is 4.79 Å². The second kappa shape index (κ2) is 7.34. The third-order valence-corrected chi connectivity index (χ3v) is 4.47. The van der Waals surface area contributed by atoms with E-state index in [0.29, 0.717) is 35.3 Å². The number of nitrogens with one attached hydrogen (secondary N) is 1. The lowest BCUT2D eigenvalue weighted by Gasteiger charge is -2.13. The monoisotopic (exact) mass is 379 g/mol. The molecule has 3 aromatic rings. The topological polar surface area (TPSA) is 86.5 Å². The first kappa shape index (κ1) is 18.0. The average Bonchev–Trinajstić information content (AvgIpc) is 3.26. The summed E-state index contributed by atoms with van der Waals surface area (Å²) in [5.41, 5.74) is 2.95. The molecule has 0 aliphatic carbocycles. The van der Waals surface area contributed by atoms with Gasteiger partial charge in [0.15, 0.2) is 5.82 Å². The van der Waals surface area contributed by atoms with Gasteiger partial charge in [-0.1, -0.05) is 5.16 Å². The van der Waals surface area contributed by atoms with Gasteiger partial charge in [-0.05, 0) is 51.1 Å². The molecule has 0 unspecified atom stereocenters. The molecular weight excluding hydrogens is 358 g/mol. The van der Waals surface area contributed by atoms with Gasteiger partial charge in [0.25, 0.3) is 11.8 Å². The zero-order chi connectivity index (χ0) is 19.7. The number of hydrogen-bond acceptors (Lipinski definition) is 6. The minimum atomic E-state index is -0.236. The quantitative estimate of drug-likeness (QED) is 0.720. The lowest BCUT2D eigenvalue weighted by Crippen LogP contribution is -2.13. The number of anilines is 1. The van der Waals surface area contributed by atoms with Crippen LogP contribution in [0.3, 0.4) is 0 Å². The van der Waals surface area contributed by atoms with Crippen LogP contribution in [0.5, 0.6) is 11.5 Å². The standard InChI is InChI=1S/C21H21N3O4/c1-4-26-19-10-16-9-12(2)27-18(16)11-17(19)23-20(25)14-5-7-15(8-6-14)21-22-13(3)24-28-21/h5-8,10-12H,4,9H2,1-3H3,(H,23,25)/t12-/m1/s1. The second-order valence-electron chi connectivity index (χ2n) is 6.70. The lowest BCUT2D eigenvalue weighted by atomic mass is 10.1. The molecule has 0 spiro atoms. The van der Waals surface area contributed by atoms with E-state index < -0.39 is 0 Å². The first-order valence-electron chi connectivity index (χ1n) is 9.22. The fourth-order valence-corrected chi connectivity index (χ4v) is 3.18. The van der Waals surface area contributed by atoms with Crippen LogP contribution in [0.4, 0.5) is 5.69 Å². The summed E-state index contributed by atoms with van der Waals surface area (Å²) in [7, 11) is 0. The van der Waals surface area contributed by atoms with E-state index in [1.54, 1.807) is 31.2 Å². The molecule has 0 radical (unpaired) electrons. The zero-order valence-electron chi connectivity index (χ0n) is 16.0. The average molecular weight is 379 g/mol. The SMILES string of the molecule is CCOc1cc2c(cc1NC(=O)c1ccc(-c3nc(C)no3)cc1)O[C@H](C)C2. The maximum atomic E-state index is 12.7. The number of rotatable bonds is 5. The van der Waals surface area contributed by atoms with Crippen molar-refractivity contribution in [2.45, 2.75) is 33.3 Å². The van der Waals surface area contributed by atoms with Crippen LogP contribution in [0.15, 0.2) is 40.9 Å². The van der Waals surface area contributed by atoms with Crippen molar-refractivity contribution in [3.63, 3.8) is 0 Å². The molecule has 0 bridgehead atoms. The number of nitrogens with zero attached hydrogens (tertiary/aromatic N) is 2.